The molecule has 0 spiro atoms. The number of methoxy groups -OCH3 is 1. The summed E-state index contributed by atoms with van der Waals surface area (Å²) in [6.45, 7) is 0. The molecule has 1 aliphatic carbocycles. The van der Waals surface area contributed by atoms with Gasteiger partial charge in [-0.3, -0.25) is 4.98 Å². The number of aryl methyl sites for hydroxylation is 1. The molecule has 0 radical (unpaired) electrons. The molecule has 0 bridgehead atoms. The summed E-state index contributed by atoms with van der Waals surface area (Å²) in [6.07, 6.45) is 6.98. The summed E-state index contributed by atoms with van der Waals surface area (Å²) >= 11 is 0. The molecule has 0 aliphatic heterocycles. The average Bonchev–Trinajstić information content (AvgIpc) is 3.24. The number of hydrogen-bond acceptors (Lipinski definition) is 5. The standard InChI is InChI=1S/C23H20N4O/c1-28-17-10-11-21-19(13-17)23(27-22(25-21)16-7-4-12-24-14-16)26-20-9-3-6-15-5-2-8-18(15)20/h3-4,6-7,9-14H,2,5,8H2,1H3,(H,25,26,27). The fourth-order valence-corrected chi connectivity index (χ4v) is 3.82. The first-order valence-electron chi connectivity index (χ1n) is 9.46. The molecule has 0 atom stereocenters. The number of aromatic nitrogens is 3. The van der Waals surface area contributed by atoms with Gasteiger partial charge in [0.1, 0.15) is 11.6 Å². The number of anilines is 2. The summed E-state index contributed by atoms with van der Waals surface area (Å²) in [5.41, 5.74) is 5.69. The van der Waals surface area contributed by atoms with E-state index >= 15 is 0 Å². The van der Waals surface area contributed by atoms with Gasteiger partial charge in [0.05, 0.1) is 12.6 Å². The number of hydrogen-bond donors (Lipinski definition) is 1. The molecule has 2 aromatic heterocycles. The first kappa shape index (κ1) is 16.7. The highest BCUT2D eigenvalue weighted by atomic mass is 16.5. The predicted octanol–water partition coefficient (Wildman–Crippen LogP) is 4.93. The summed E-state index contributed by atoms with van der Waals surface area (Å²) in [6, 6.07) is 16.2. The Morgan fingerprint density at radius 3 is 2.82 bits per heavy atom. The Bertz CT molecular complexity index is 1160. The zero-order valence-electron chi connectivity index (χ0n) is 15.6. The lowest BCUT2D eigenvalue weighted by Gasteiger charge is -2.14. The van der Waals surface area contributed by atoms with Crippen molar-refractivity contribution >= 4 is 22.4 Å². The molecule has 0 saturated heterocycles. The van der Waals surface area contributed by atoms with Crippen molar-refractivity contribution in [2.24, 2.45) is 0 Å². The third-order valence-corrected chi connectivity index (χ3v) is 5.22. The van der Waals surface area contributed by atoms with Crippen LogP contribution in [0, 0.1) is 0 Å². The quantitative estimate of drug-likeness (QED) is 0.553. The lowest BCUT2D eigenvalue weighted by molar-refractivity contribution is 0.415. The maximum atomic E-state index is 5.42. The van der Waals surface area contributed by atoms with E-state index < -0.39 is 0 Å². The van der Waals surface area contributed by atoms with Crippen LogP contribution in [0.1, 0.15) is 17.5 Å². The Hall–Kier alpha value is -3.47. The SMILES string of the molecule is COc1ccc2nc(-c3cccnc3)nc(Nc3cccc4c3CCC4)c2c1. The van der Waals surface area contributed by atoms with Gasteiger partial charge >= 0.3 is 0 Å². The van der Waals surface area contributed by atoms with E-state index in [1.54, 1.807) is 19.5 Å². The van der Waals surface area contributed by atoms with Gasteiger partial charge in [0.25, 0.3) is 0 Å². The molecule has 1 aliphatic rings. The Morgan fingerprint density at radius 2 is 1.96 bits per heavy atom. The van der Waals surface area contributed by atoms with E-state index in [2.05, 4.69) is 28.5 Å². The van der Waals surface area contributed by atoms with Gasteiger partial charge in [0.15, 0.2) is 5.82 Å². The number of nitrogens with one attached hydrogen (secondary N) is 1. The third kappa shape index (κ3) is 2.95. The highest BCUT2D eigenvalue weighted by Gasteiger charge is 2.17. The van der Waals surface area contributed by atoms with Crippen LogP contribution in [0.5, 0.6) is 5.75 Å². The van der Waals surface area contributed by atoms with Gasteiger partial charge in [0.2, 0.25) is 0 Å². The van der Waals surface area contributed by atoms with E-state index in [0.29, 0.717) is 5.82 Å². The summed E-state index contributed by atoms with van der Waals surface area (Å²) < 4.78 is 5.42. The highest BCUT2D eigenvalue weighted by molar-refractivity contribution is 5.93. The molecule has 5 nitrogen and oxygen atoms in total. The molecule has 0 saturated carbocycles. The molecule has 5 rings (SSSR count). The van der Waals surface area contributed by atoms with Crippen molar-refractivity contribution in [1.29, 1.82) is 0 Å². The number of pyridine rings is 1. The van der Waals surface area contributed by atoms with Crippen molar-refractivity contribution in [3.05, 3.63) is 72.1 Å². The summed E-state index contributed by atoms with van der Waals surface area (Å²) in [5.74, 6) is 2.22. The highest BCUT2D eigenvalue weighted by Crippen LogP contribution is 2.34. The van der Waals surface area contributed by atoms with Crippen LogP contribution < -0.4 is 10.1 Å². The Labute approximate surface area is 163 Å². The second-order valence-corrected chi connectivity index (χ2v) is 6.94. The van der Waals surface area contributed by atoms with Crippen LogP contribution in [0.2, 0.25) is 0 Å². The van der Waals surface area contributed by atoms with Gasteiger partial charge in [-0.2, -0.15) is 0 Å². The van der Waals surface area contributed by atoms with Crippen LogP contribution in [0.15, 0.2) is 60.9 Å². The molecule has 4 aromatic rings. The second kappa shape index (κ2) is 6.93. The van der Waals surface area contributed by atoms with Gasteiger partial charge in [-0.05, 0) is 66.8 Å². The zero-order valence-corrected chi connectivity index (χ0v) is 15.6. The summed E-state index contributed by atoms with van der Waals surface area (Å²) in [5, 5.41) is 4.51. The van der Waals surface area contributed by atoms with Crippen molar-refractivity contribution in [1.82, 2.24) is 15.0 Å². The first-order valence-corrected chi connectivity index (χ1v) is 9.46. The van der Waals surface area contributed by atoms with Gasteiger partial charge in [-0.15, -0.1) is 0 Å². The van der Waals surface area contributed by atoms with E-state index in [0.717, 1.165) is 46.6 Å². The summed E-state index contributed by atoms with van der Waals surface area (Å²) in [7, 11) is 1.67. The van der Waals surface area contributed by atoms with E-state index in [4.69, 9.17) is 14.7 Å². The fourth-order valence-electron chi connectivity index (χ4n) is 3.82. The Morgan fingerprint density at radius 1 is 1.00 bits per heavy atom. The van der Waals surface area contributed by atoms with Crippen molar-refractivity contribution in [3.63, 3.8) is 0 Å². The zero-order chi connectivity index (χ0) is 18.9. The molecule has 2 heterocycles. The van der Waals surface area contributed by atoms with Crippen LogP contribution in [0.3, 0.4) is 0 Å². The molecule has 28 heavy (non-hydrogen) atoms. The second-order valence-electron chi connectivity index (χ2n) is 6.94. The van der Waals surface area contributed by atoms with E-state index in [9.17, 15) is 0 Å². The molecule has 2 aromatic carbocycles. The minimum absolute atomic E-state index is 0.654. The normalized spacial score (nSPS) is 12.8. The van der Waals surface area contributed by atoms with Crippen molar-refractivity contribution in [2.45, 2.75) is 19.3 Å². The lowest BCUT2D eigenvalue weighted by Crippen LogP contribution is -2.02. The lowest BCUT2D eigenvalue weighted by atomic mass is 10.1. The van der Waals surface area contributed by atoms with Crippen molar-refractivity contribution in [2.75, 3.05) is 12.4 Å². The monoisotopic (exact) mass is 368 g/mol. The molecule has 0 unspecified atom stereocenters. The average molecular weight is 368 g/mol. The number of fused-ring (bicyclic) bond motifs is 2. The molecule has 0 amide bonds. The van der Waals surface area contributed by atoms with Crippen LogP contribution >= 0.6 is 0 Å². The number of nitrogens with zero attached hydrogens (tertiary/aromatic N) is 3. The smallest absolute Gasteiger partial charge is 0.163 e. The Kier molecular flexibility index (Phi) is 4.13. The number of benzene rings is 2. The summed E-state index contributed by atoms with van der Waals surface area (Å²) in [4.78, 5) is 13.8. The molecular weight excluding hydrogens is 348 g/mol. The van der Waals surface area contributed by atoms with Gasteiger partial charge in [-0.1, -0.05) is 12.1 Å². The van der Waals surface area contributed by atoms with E-state index in [-0.39, 0.29) is 0 Å². The molecule has 1 N–H and O–H groups in total. The van der Waals surface area contributed by atoms with E-state index in [1.165, 1.54) is 17.5 Å². The maximum Gasteiger partial charge on any atom is 0.163 e. The van der Waals surface area contributed by atoms with Crippen LogP contribution in [0.25, 0.3) is 22.3 Å². The van der Waals surface area contributed by atoms with Crippen LogP contribution in [-0.2, 0) is 12.8 Å². The molecule has 138 valence electrons. The maximum absolute atomic E-state index is 5.42. The van der Waals surface area contributed by atoms with E-state index in [1.807, 2.05) is 30.3 Å². The topological polar surface area (TPSA) is 59.9 Å². The molecular formula is C23H20N4O. The number of ether oxygens (including phenoxy) is 1. The van der Waals surface area contributed by atoms with Gasteiger partial charge in [0, 0.05) is 29.0 Å². The molecule has 0 fully saturated rings. The third-order valence-electron chi connectivity index (χ3n) is 5.22. The Balaban J connectivity index is 1.68. The number of rotatable bonds is 4. The van der Waals surface area contributed by atoms with Crippen molar-refractivity contribution in [3.8, 4) is 17.1 Å². The predicted molar refractivity (Wildman–Crippen MR) is 111 cm³/mol. The first-order chi connectivity index (χ1) is 13.8. The fraction of sp³-hybridized carbons (Fsp3) is 0.174. The minimum Gasteiger partial charge on any atom is -0.497 e. The van der Waals surface area contributed by atoms with Gasteiger partial charge in [-0.25, -0.2) is 9.97 Å². The van der Waals surface area contributed by atoms with Crippen LogP contribution in [0.4, 0.5) is 11.5 Å². The molecule has 5 heteroatoms. The largest absolute Gasteiger partial charge is 0.497 e. The van der Waals surface area contributed by atoms with Crippen LogP contribution in [-0.4, -0.2) is 22.1 Å². The van der Waals surface area contributed by atoms with Gasteiger partial charge < -0.3 is 10.1 Å². The van der Waals surface area contributed by atoms with Crippen molar-refractivity contribution < 1.29 is 4.74 Å². The minimum atomic E-state index is 0.654.